The van der Waals surface area contributed by atoms with E-state index in [0.717, 1.165) is 0 Å². The number of carbonyl (C=O) groups is 2. The fourth-order valence-electron chi connectivity index (χ4n) is 2.69. The third kappa shape index (κ3) is 2.85. The average molecular weight is 326 g/mol. The van der Waals surface area contributed by atoms with Gasteiger partial charge >= 0.3 is 11.7 Å². The Kier molecular flexibility index (Phi) is 4.56. The van der Waals surface area contributed by atoms with Gasteiger partial charge in [-0.15, -0.1) is 12.4 Å². The molecule has 0 radical (unpaired) electrons. The van der Waals surface area contributed by atoms with Gasteiger partial charge in [0.25, 0.3) is 0 Å². The lowest BCUT2D eigenvalue weighted by molar-refractivity contribution is -0.141. The SMILES string of the molecule is Cl.O=C(O)C1CCN(C(=O)Cn2c(=O)[nH]c3ccccc32)C1. The Morgan fingerprint density at radius 3 is 2.73 bits per heavy atom. The van der Waals surface area contributed by atoms with Crippen LogP contribution in [-0.2, 0) is 16.1 Å². The molecule has 1 aliphatic heterocycles. The molecule has 1 aromatic carbocycles. The number of H-pyrrole nitrogens is 1. The number of carbonyl (C=O) groups excluding carboxylic acids is 1. The number of rotatable bonds is 3. The zero-order valence-corrected chi connectivity index (χ0v) is 12.5. The number of hydrogen-bond donors (Lipinski definition) is 2. The van der Waals surface area contributed by atoms with Crippen LogP contribution in [0, 0.1) is 5.92 Å². The molecule has 0 bridgehead atoms. The first-order valence-corrected chi connectivity index (χ1v) is 6.74. The molecule has 22 heavy (non-hydrogen) atoms. The van der Waals surface area contributed by atoms with Crippen molar-refractivity contribution in [3.63, 3.8) is 0 Å². The average Bonchev–Trinajstić information content (AvgIpc) is 3.05. The third-order valence-electron chi connectivity index (χ3n) is 3.87. The van der Waals surface area contributed by atoms with Gasteiger partial charge in [-0.3, -0.25) is 14.2 Å². The fraction of sp³-hybridized carbons (Fsp3) is 0.357. The Bertz CT molecular complexity index is 767. The van der Waals surface area contributed by atoms with E-state index in [1.54, 1.807) is 18.2 Å². The van der Waals surface area contributed by atoms with Crippen LogP contribution in [0.25, 0.3) is 11.0 Å². The number of benzene rings is 1. The molecule has 1 aliphatic rings. The smallest absolute Gasteiger partial charge is 0.326 e. The first-order chi connectivity index (χ1) is 10.1. The van der Waals surface area contributed by atoms with E-state index >= 15 is 0 Å². The number of carboxylic acid groups (broad SMARTS) is 1. The molecule has 1 amide bonds. The van der Waals surface area contributed by atoms with Gasteiger partial charge in [-0.05, 0) is 18.6 Å². The second kappa shape index (κ2) is 6.23. The van der Waals surface area contributed by atoms with Crippen molar-refractivity contribution in [3.8, 4) is 0 Å². The normalized spacial score (nSPS) is 17.5. The Hall–Kier alpha value is -2.28. The highest BCUT2D eigenvalue weighted by Crippen LogP contribution is 2.17. The molecule has 8 heteroatoms. The van der Waals surface area contributed by atoms with E-state index in [2.05, 4.69) is 4.98 Å². The molecule has 3 rings (SSSR count). The Morgan fingerprint density at radius 1 is 1.32 bits per heavy atom. The van der Waals surface area contributed by atoms with Crippen LogP contribution in [0.4, 0.5) is 0 Å². The van der Waals surface area contributed by atoms with E-state index in [9.17, 15) is 14.4 Å². The van der Waals surface area contributed by atoms with Crippen molar-refractivity contribution in [1.82, 2.24) is 14.5 Å². The minimum Gasteiger partial charge on any atom is -0.481 e. The van der Waals surface area contributed by atoms with Gasteiger partial charge in [-0.25, -0.2) is 4.79 Å². The van der Waals surface area contributed by atoms with Crippen LogP contribution in [0.3, 0.4) is 0 Å². The van der Waals surface area contributed by atoms with Gasteiger partial charge in [0.05, 0.1) is 17.0 Å². The van der Waals surface area contributed by atoms with Crippen molar-refractivity contribution < 1.29 is 14.7 Å². The third-order valence-corrected chi connectivity index (χ3v) is 3.87. The Morgan fingerprint density at radius 2 is 2.05 bits per heavy atom. The minimum absolute atomic E-state index is 0. The van der Waals surface area contributed by atoms with Crippen LogP contribution in [0.5, 0.6) is 0 Å². The fourth-order valence-corrected chi connectivity index (χ4v) is 2.69. The molecule has 2 heterocycles. The number of likely N-dealkylation sites (tertiary alicyclic amines) is 1. The van der Waals surface area contributed by atoms with Crippen molar-refractivity contribution in [3.05, 3.63) is 34.7 Å². The summed E-state index contributed by atoms with van der Waals surface area (Å²) in [5.74, 6) is -1.62. The van der Waals surface area contributed by atoms with Gasteiger partial charge in [-0.1, -0.05) is 12.1 Å². The number of nitrogens with zero attached hydrogens (tertiary/aromatic N) is 2. The minimum atomic E-state index is -0.880. The van der Waals surface area contributed by atoms with Gasteiger partial charge in [0, 0.05) is 13.1 Å². The first kappa shape index (κ1) is 16.1. The van der Waals surface area contributed by atoms with Crippen molar-refractivity contribution in [1.29, 1.82) is 0 Å². The predicted molar refractivity (Wildman–Crippen MR) is 82.1 cm³/mol. The highest BCUT2D eigenvalue weighted by Gasteiger charge is 2.31. The summed E-state index contributed by atoms with van der Waals surface area (Å²) in [6.45, 7) is 0.563. The number of nitrogens with one attached hydrogen (secondary N) is 1. The zero-order valence-electron chi connectivity index (χ0n) is 11.7. The summed E-state index contributed by atoms with van der Waals surface area (Å²) in [6, 6.07) is 7.15. The van der Waals surface area contributed by atoms with Crippen LogP contribution < -0.4 is 5.69 Å². The predicted octanol–water partition coefficient (Wildman–Crippen LogP) is 0.684. The standard InChI is InChI=1S/C14H15N3O4.ClH/c18-12(16-6-5-9(7-16)13(19)20)8-17-11-4-2-1-3-10(11)15-14(17)21;/h1-4,9H,5-8H2,(H,15,21)(H,19,20);1H. The van der Waals surface area contributed by atoms with Crippen LogP contribution in [0.15, 0.2) is 29.1 Å². The van der Waals surface area contributed by atoms with Crippen molar-refractivity contribution >= 4 is 35.3 Å². The summed E-state index contributed by atoms with van der Waals surface area (Å²) in [4.78, 5) is 39.3. The van der Waals surface area contributed by atoms with Gasteiger partial charge in [0.15, 0.2) is 0 Å². The number of fused-ring (bicyclic) bond motifs is 1. The van der Waals surface area contributed by atoms with Gasteiger partial charge in [0.2, 0.25) is 5.91 Å². The quantitative estimate of drug-likeness (QED) is 0.867. The summed E-state index contributed by atoms with van der Waals surface area (Å²) in [6.07, 6.45) is 0.462. The molecule has 0 aliphatic carbocycles. The maximum absolute atomic E-state index is 12.2. The molecule has 1 atom stereocenters. The number of halogens is 1. The van der Waals surface area contributed by atoms with Gasteiger partial charge in [-0.2, -0.15) is 0 Å². The van der Waals surface area contributed by atoms with Crippen LogP contribution in [0.1, 0.15) is 6.42 Å². The van der Waals surface area contributed by atoms with Crippen LogP contribution in [-0.4, -0.2) is 44.5 Å². The number of para-hydroxylation sites is 2. The van der Waals surface area contributed by atoms with Crippen molar-refractivity contribution in [2.75, 3.05) is 13.1 Å². The Balaban J connectivity index is 0.00000176. The lowest BCUT2D eigenvalue weighted by atomic mass is 10.1. The maximum Gasteiger partial charge on any atom is 0.326 e. The summed E-state index contributed by atoms with van der Waals surface area (Å²) in [5, 5.41) is 8.96. The molecule has 1 unspecified atom stereocenters. The van der Waals surface area contributed by atoms with E-state index in [1.807, 2.05) is 6.07 Å². The molecular weight excluding hydrogens is 310 g/mol. The van der Waals surface area contributed by atoms with Crippen LogP contribution in [0.2, 0.25) is 0 Å². The molecule has 1 aromatic heterocycles. The largest absolute Gasteiger partial charge is 0.481 e. The first-order valence-electron chi connectivity index (χ1n) is 6.74. The van der Waals surface area contributed by atoms with Gasteiger partial charge < -0.3 is 15.0 Å². The number of amides is 1. The lowest BCUT2D eigenvalue weighted by Crippen LogP contribution is -2.35. The molecule has 2 N–H and O–H groups in total. The van der Waals surface area contributed by atoms with Crippen molar-refractivity contribution in [2.24, 2.45) is 5.92 Å². The zero-order chi connectivity index (χ0) is 15.0. The second-order valence-electron chi connectivity index (χ2n) is 5.20. The molecule has 0 spiro atoms. The van der Waals surface area contributed by atoms with Crippen LogP contribution >= 0.6 is 12.4 Å². The molecule has 118 valence electrons. The molecule has 1 saturated heterocycles. The van der Waals surface area contributed by atoms with E-state index in [-0.39, 0.29) is 37.1 Å². The number of imidazole rings is 1. The van der Waals surface area contributed by atoms with E-state index in [0.29, 0.717) is 24.0 Å². The second-order valence-corrected chi connectivity index (χ2v) is 5.20. The topological polar surface area (TPSA) is 95.4 Å². The number of hydrogen-bond acceptors (Lipinski definition) is 3. The van der Waals surface area contributed by atoms with E-state index in [1.165, 1.54) is 9.47 Å². The highest BCUT2D eigenvalue weighted by atomic mass is 35.5. The van der Waals surface area contributed by atoms with E-state index < -0.39 is 11.9 Å². The van der Waals surface area contributed by atoms with Gasteiger partial charge in [0.1, 0.15) is 6.54 Å². The number of aliphatic carboxylic acids is 1. The monoisotopic (exact) mass is 325 g/mol. The molecule has 7 nitrogen and oxygen atoms in total. The molecular formula is C14H16ClN3O4. The number of aromatic nitrogens is 2. The highest BCUT2D eigenvalue weighted by molar-refractivity contribution is 5.85. The maximum atomic E-state index is 12.2. The number of aromatic amines is 1. The summed E-state index contributed by atoms with van der Waals surface area (Å²) in [5.41, 5.74) is 1.02. The number of carboxylic acids is 1. The lowest BCUT2D eigenvalue weighted by Gasteiger charge is -2.16. The molecule has 1 fully saturated rings. The summed E-state index contributed by atoms with van der Waals surface area (Å²) >= 11 is 0. The summed E-state index contributed by atoms with van der Waals surface area (Å²) < 4.78 is 1.38. The Labute approximate surface area is 131 Å². The van der Waals surface area contributed by atoms with E-state index in [4.69, 9.17) is 5.11 Å². The molecule has 0 saturated carbocycles. The van der Waals surface area contributed by atoms with Crippen molar-refractivity contribution in [2.45, 2.75) is 13.0 Å². The molecule has 2 aromatic rings. The summed E-state index contributed by atoms with van der Waals surface area (Å²) in [7, 11) is 0.